The second-order valence-electron chi connectivity index (χ2n) is 2.89. The lowest BCUT2D eigenvalue weighted by Crippen LogP contribution is -1.88. The summed E-state index contributed by atoms with van der Waals surface area (Å²) >= 11 is 0. The lowest BCUT2D eigenvalue weighted by Gasteiger charge is -2.02. The van der Waals surface area contributed by atoms with Crippen molar-refractivity contribution in [2.45, 2.75) is 34.1 Å². The zero-order valence-electron chi connectivity index (χ0n) is 8.67. The van der Waals surface area contributed by atoms with Gasteiger partial charge in [-0.3, -0.25) is 0 Å². The van der Waals surface area contributed by atoms with Crippen LogP contribution >= 0.6 is 0 Å². The molecule has 0 unspecified atom stereocenters. The van der Waals surface area contributed by atoms with Crippen molar-refractivity contribution in [3.05, 3.63) is 36.0 Å². The molecule has 0 nitrogen and oxygen atoms in total. The molecule has 1 rings (SSSR count). The fraction of sp³-hybridized carbons (Fsp3) is 0.500. The molecular weight excluding hydrogens is 144 g/mol. The molecule has 0 spiro atoms. The quantitative estimate of drug-likeness (QED) is 0.547. The molecule has 0 amide bonds. The van der Waals surface area contributed by atoms with E-state index in [4.69, 9.17) is 0 Å². The third-order valence-corrected chi connectivity index (χ3v) is 1.67. The van der Waals surface area contributed by atoms with Crippen molar-refractivity contribution in [2.75, 3.05) is 0 Å². The third-order valence-electron chi connectivity index (χ3n) is 1.67. The summed E-state index contributed by atoms with van der Waals surface area (Å²) in [6.07, 6.45) is 12.0. The minimum absolute atomic E-state index is 0.652. The van der Waals surface area contributed by atoms with E-state index in [1.165, 1.54) is 5.57 Å². The van der Waals surface area contributed by atoms with Gasteiger partial charge in [-0.05, 0) is 17.9 Å². The van der Waals surface area contributed by atoms with E-state index in [-0.39, 0.29) is 0 Å². The van der Waals surface area contributed by atoms with Crippen molar-refractivity contribution in [1.82, 2.24) is 0 Å². The Morgan fingerprint density at radius 1 is 1.17 bits per heavy atom. The van der Waals surface area contributed by atoms with E-state index < -0.39 is 0 Å². The molecule has 0 aromatic rings. The fourth-order valence-corrected chi connectivity index (χ4v) is 0.981. The molecule has 0 aliphatic heterocycles. The Labute approximate surface area is 76.7 Å². The summed E-state index contributed by atoms with van der Waals surface area (Å²) in [7, 11) is 0. The molecule has 0 fully saturated rings. The van der Waals surface area contributed by atoms with Gasteiger partial charge >= 0.3 is 0 Å². The highest BCUT2D eigenvalue weighted by molar-refractivity contribution is 5.28. The topological polar surface area (TPSA) is 0 Å². The average Bonchev–Trinajstić information content (AvgIpc) is 2.35. The highest BCUT2D eigenvalue weighted by atomic mass is 14.0. The zero-order chi connectivity index (χ0) is 9.40. The van der Waals surface area contributed by atoms with Crippen LogP contribution < -0.4 is 0 Å². The van der Waals surface area contributed by atoms with Crippen molar-refractivity contribution in [2.24, 2.45) is 5.92 Å². The van der Waals surface area contributed by atoms with E-state index in [0.717, 1.165) is 6.42 Å². The summed E-state index contributed by atoms with van der Waals surface area (Å²) in [6.45, 7) is 8.44. The van der Waals surface area contributed by atoms with Crippen LogP contribution in [0, 0.1) is 5.92 Å². The van der Waals surface area contributed by atoms with Gasteiger partial charge in [-0.15, -0.1) is 0 Å². The predicted molar refractivity (Wildman–Crippen MR) is 57.2 cm³/mol. The van der Waals surface area contributed by atoms with Crippen LogP contribution in [-0.2, 0) is 0 Å². The molecule has 0 saturated carbocycles. The minimum atomic E-state index is 0.652. The van der Waals surface area contributed by atoms with Gasteiger partial charge in [0.15, 0.2) is 0 Å². The molecule has 0 aromatic carbocycles. The van der Waals surface area contributed by atoms with Gasteiger partial charge in [0, 0.05) is 0 Å². The van der Waals surface area contributed by atoms with E-state index in [9.17, 15) is 0 Å². The first-order chi connectivity index (χ1) is 5.80. The largest absolute Gasteiger partial charge is 0.0807 e. The summed E-state index contributed by atoms with van der Waals surface area (Å²) in [5, 5.41) is 0. The van der Waals surface area contributed by atoms with Gasteiger partial charge in [-0.1, -0.05) is 58.1 Å². The van der Waals surface area contributed by atoms with Crippen LogP contribution in [0.5, 0.6) is 0 Å². The molecule has 0 radical (unpaired) electrons. The van der Waals surface area contributed by atoms with Gasteiger partial charge in [0.2, 0.25) is 0 Å². The zero-order valence-corrected chi connectivity index (χ0v) is 8.67. The number of hydrogen-bond donors (Lipinski definition) is 0. The first-order valence-electron chi connectivity index (χ1n) is 4.84. The maximum Gasteiger partial charge on any atom is -0.0163 e. The monoisotopic (exact) mass is 164 g/mol. The van der Waals surface area contributed by atoms with Crippen LogP contribution in [0.2, 0.25) is 0 Å². The summed E-state index contributed by atoms with van der Waals surface area (Å²) in [4.78, 5) is 0. The molecule has 1 aliphatic carbocycles. The summed E-state index contributed by atoms with van der Waals surface area (Å²) in [5.41, 5.74) is 1.42. The Bertz CT molecular complexity index is 180. The van der Waals surface area contributed by atoms with Crippen LogP contribution in [0.15, 0.2) is 36.0 Å². The van der Waals surface area contributed by atoms with Crippen molar-refractivity contribution < 1.29 is 0 Å². The Hall–Kier alpha value is -0.780. The van der Waals surface area contributed by atoms with E-state index in [1.54, 1.807) is 0 Å². The van der Waals surface area contributed by atoms with Crippen LogP contribution in [0.1, 0.15) is 34.1 Å². The molecule has 0 saturated heterocycles. The first-order valence-corrected chi connectivity index (χ1v) is 4.84. The van der Waals surface area contributed by atoms with Crippen molar-refractivity contribution in [3.8, 4) is 0 Å². The summed E-state index contributed by atoms with van der Waals surface area (Å²) in [6, 6.07) is 0. The highest BCUT2D eigenvalue weighted by Crippen LogP contribution is 2.13. The number of hydrogen-bond acceptors (Lipinski definition) is 0. The van der Waals surface area contributed by atoms with Crippen molar-refractivity contribution in [1.29, 1.82) is 0 Å². The van der Waals surface area contributed by atoms with E-state index in [0.29, 0.717) is 5.92 Å². The molecule has 0 heterocycles. The molecule has 0 N–H and O–H groups in total. The minimum Gasteiger partial charge on any atom is -0.0807 e. The SMILES string of the molecule is CC.CC(C)C1=CC=CCC=C1. The van der Waals surface area contributed by atoms with Gasteiger partial charge < -0.3 is 0 Å². The predicted octanol–water partition coefficient (Wildman–Crippen LogP) is 4.11. The maximum absolute atomic E-state index is 2.22. The van der Waals surface area contributed by atoms with Crippen LogP contribution in [0.3, 0.4) is 0 Å². The summed E-state index contributed by atoms with van der Waals surface area (Å²) in [5.74, 6) is 0.652. The van der Waals surface area contributed by atoms with Gasteiger partial charge in [0.05, 0.1) is 0 Å². The Morgan fingerprint density at radius 2 is 1.83 bits per heavy atom. The van der Waals surface area contributed by atoms with Crippen LogP contribution in [-0.4, -0.2) is 0 Å². The van der Waals surface area contributed by atoms with E-state index in [2.05, 4.69) is 44.2 Å². The second-order valence-corrected chi connectivity index (χ2v) is 2.89. The Kier molecular flexibility index (Phi) is 6.45. The molecule has 12 heavy (non-hydrogen) atoms. The van der Waals surface area contributed by atoms with Crippen LogP contribution in [0.25, 0.3) is 0 Å². The first kappa shape index (κ1) is 11.2. The van der Waals surface area contributed by atoms with Crippen molar-refractivity contribution >= 4 is 0 Å². The lowest BCUT2D eigenvalue weighted by molar-refractivity contribution is 0.792. The third kappa shape index (κ3) is 4.17. The van der Waals surface area contributed by atoms with E-state index >= 15 is 0 Å². The second kappa shape index (κ2) is 6.90. The molecule has 0 aromatic heterocycles. The van der Waals surface area contributed by atoms with Gasteiger partial charge in [-0.25, -0.2) is 0 Å². The van der Waals surface area contributed by atoms with Gasteiger partial charge in [-0.2, -0.15) is 0 Å². The Balaban J connectivity index is 0.000000561. The smallest absolute Gasteiger partial charge is 0.0163 e. The molecular formula is C12H20. The lowest BCUT2D eigenvalue weighted by atomic mass is 10.0. The number of allylic oxidation sites excluding steroid dienone is 6. The maximum atomic E-state index is 2.22. The fourth-order valence-electron chi connectivity index (χ4n) is 0.981. The molecule has 1 aliphatic rings. The van der Waals surface area contributed by atoms with Crippen LogP contribution in [0.4, 0.5) is 0 Å². The number of rotatable bonds is 1. The molecule has 68 valence electrons. The molecule has 0 atom stereocenters. The summed E-state index contributed by atoms with van der Waals surface area (Å²) < 4.78 is 0. The standard InChI is InChI=1S/C10H14.C2H6/c1-9(2)10-7-5-3-4-6-8-10;1-2/h3,5-9H,4H2,1-2H3;1-2H3. The normalized spacial score (nSPS) is 14.9. The molecule has 0 heteroatoms. The highest BCUT2D eigenvalue weighted by Gasteiger charge is 1.97. The van der Waals surface area contributed by atoms with Crippen molar-refractivity contribution in [3.63, 3.8) is 0 Å². The molecule has 0 bridgehead atoms. The average molecular weight is 164 g/mol. The van der Waals surface area contributed by atoms with E-state index in [1.807, 2.05) is 13.8 Å². The Morgan fingerprint density at radius 3 is 2.42 bits per heavy atom. The van der Waals surface area contributed by atoms with Gasteiger partial charge in [0.25, 0.3) is 0 Å². The van der Waals surface area contributed by atoms with Gasteiger partial charge in [0.1, 0.15) is 0 Å².